The van der Waals surface area contributed by atoms with Gasteiger partial charge in [0.1, 0.15) is 0 Å². The molecule has 0 atom stereocenters. The molecule has 0 saturated heterocycles. The van der Waals surface area contributed by atoms with Gasteiger partial charge in [0, 0.05) is 27.6 Å². The summed E-state index contributed by atoms with van der Waals surface area (Å²) in [4.78, 5) is 15.2. The number of hydrogen-bond acceptors (Lipinski definition) is 3. The quantitative estimate of drug-likeness (QED) is 0.789. The summed E-state index contributed by atoms with van der Waals surface area (Å²) in [6, 6.07) is 7.66. The van der Waals surface area contributed by atoms with E-state index in [9.17, 15) is 4.79 Å². The summed E-state index contributed by atoms with van der Waals surface area (Å²) in [5, 5.41) is 14.9. The molecular weight excluding hydrogens is 310 g/mol. The minimum Gasteiger partial charge on any atom is -0.478 e. The van der Waals surface area contributed by atoms with E-state index in [4.69, 9.17) is 5.11 Å². The molecule has 1 aromatic carbocycles. The Morgan fingerprint density at radius 1 is 1.26 bits per heavy atom. The Labute approximate surface area is 116 Å². The molecule has 0 bridgehead atoms. The molecule has 0 saturated carbocycles. The van der Waals surface area contributed by atoms with Crippen molar-refractivity contribution in [2.75, 3.05) is 0 Å². The van der Waals surface area contributed by atoms with Crippen LogP contribution in [0, 0.1) is 0 Å². The molecule has 19 heavy (non-hydrogen) atoms. The zero-order chi connectivity index (χ0) is 13.4. The number of aromatic carboxylic acids is 1. The molecule has 0 aliphatic heterocycles. The smallest absolute Gasteiger partial charge is 0.338 e. The van der Waals surface area contributed by atoms with Crippen molar-refractivity contribution in [3.05, 3.63) is 52.9 Å². The lowest BCUT2D eigenvalue weighted by atomic mass is 10.1. The maximum atomic E-state index is 10.9. The zero-order valence-electron chi connectivity index (χ0n) is 9.62. The molecule has 1 N–H and O–H groups in total. The summed E-state index contributed by atoms with van der Waals surface area (Å²) in [6.45, 7) is 0. The topological polar surface area (TPSA) is 68.0 Å². The SMILES string of the molecule is O=C(O)c1cnn(-c2nccc3c(Br)cccc23)c1. The number of nitrogens with zero attached hydrogens (tertiary/aromatic N) is 3. The number of hydrogen-bond donors (Lipinski definition) is 1. The van der Waals surface area contributed by atoms with Gasteiger partial charge in [0.2, 0.25) is 0 Å². The third-order valence-corrected chi connectivity index (χ3v) is 3.47. The van der Waals surface area contributed by atoms with E-state index in [2.05, 4.69) is 26.0 Å². The summed E-state index contributed by atoms with van der Waals surface area (Å²) in [5.74, 6) is -0.404. The predicted molar refractivity (Wildman–Crippen MR) is 73.5 cm³/mol. The fourth-order valence-electron chi connectivity index (χ4n) is 1.88. The second kappa shape index (κ2) is 4.47. The Kier molecular flexibility index (Phi) is 2.79. The summed E-state index contributed by atoms with van der Waals surface area (Å²) in [7, 11) is 0. The van der Waals surface area contributed by atoms with Gasteiger partial charge in [-0.05, 0) is 12.1 Å². The summed E-state index contributed by atoms with van der Waals surface area (Å²) in [6.07, 6.45) is 4.43. The number of aromatic nitrogens is 3. The van der Waals surface area contributed by atoms with Crippen LogP contribution >= 0.6 is 15.9 Å². The average Bonchev–Trinajstić information content (AvgIpc) is 2.88. The highest BCUT2D eigenvalue weighted by atomic mass is 79.9. The summed E-state index contributed by atoms with van der Waals surface area (Å²) in [5.41, 5.74) is 0.133. The van der Waals surface area contributed by atoms with Crippen molar-refractivity contribution in [1.29, 1.82) is 0 Å². The Balaban J connectivity index is 2.24. The number of pyridine rings is 1. The van der Waals surface area contributed by atoms with Gasteiger partial charge in [0.05, 0.1) is 11.8 Å². The lowest BCUT2D eigenvalue weighted by Gasteiger charge is -2.06. The first-order chi connectivity index (χ1) is 9.16. The number of carboxylic acid groups (broad SMARTS) is 1. The lowest BCUT2D eigenvalue weighted by Crippen LogP contribution is -1.99. The molecule has 5 nitrogen and oxygen atoms in total. The molecule has 2 heterocycles. The Hall–Kier alpha value is -2.21. The number of rotatable bonds is 2. The van der Waals surface area contributed by atoms with E-state index >= 15 is 0 Å². The molecule has 2 aromatic heterocycles. The minimum absolute atomic E-state index is 0.133. The molecule has 0 aliphatic carbocycles. The first-order valence-electron chi connectivity index (χ1n) is 5.48. The lowest BCUT2D eigenvalue weighted by molar-refractivity contribution is 0.0697. The van der Waals surface area contributed by atoms with Gasteiger partial charge in [0.15, 0.2) is 5.82 Å². The maximum absolute atomic E-state index is 10.9. The van der Waals surface area contributed by atoms with E-state index in [-0.39, 0.29) is 5.56 Å². The van der Waals surface area contributed by atoms with Crippen LogP contribution in [-0.2, 0) is 0 Å². The average molecular weight is 318 g/mol. The molecule has 0 aliphatic rings. The fraction of sp³-hybridized carbons (Fsp3) is 0. The van der Waals surface area contributed by atoms with Gasteiger partial charge in [-0.1, -0.05) is 28.1 Å². The van der Waals surface area contributed by atoms with Gasteiger partial charge in [-0.2, -0.15) is 5.10 Å². The van der Waals surface area contributed by atoms with Crippen LogP contribution in [0.5, 0.6) is 0 Å². The van der Waals surface area contributed by atoms with Crippen LogP contribution in [0.2, 0.25) is 0 Å². The number of fused-ring (bicyclic) bond motifs is 1. The standard InChI is InChI=1S/C13H8BrN3O2/c14-11-3-1-2-10-9(11)4-5-15-12(10)17-7-8(6-16-17)13(18)19/h1-7H,(H,18,19). The molecule has 0 unspecified atom stereocenters. The largest absolute Gasteiger partial charge is 0.478 e. The third kappa shape index (κ3) is 2.00. The number of benzene rings is 1. The van der Waals surface area contributed by atoms with Crippen molar-refractivity contribution in [3.8, 4) is 5.82 Å². The molecule has 0 amide bonds. The highest BCUT2D eigenvalue weighted by Gasteiger charge is 2.11. The molecule has 3 rings (SSSR count). The van der Waals surface area contributed by atoms with Crippen molar-refractivity contribution in [2.24, 2.45) is 0 Å². The Morgan fingerprint density at radius 2 is 2.11 bits per heavy atom. The first kappa shape index (κ1) is 11.9. The molecule has 94 valence electrons. The first-order valence-corrected chi connectivity index (χ1v) is 6.27. The predicted octanol–water partition coefficient (Wildman–Crippen LogP) is 2.88. The molecule has 6 heteroatoms. The Morgan fingerprint density at radius 3 is 2.84 bits per heavy atom. The van der Waals surface area contributed by atoms with Crippen LogP contribution in [0.4, 0.5) is 0 Å². The van der Waals surface area contributed by atoms with E-state index < -0.39 is 5.97 Å². The third-order valence-electron chi connectivity index (χ3n) is 2.78. The van der Waals surface area contributed by atoms with Gasteiger partial charge in [0.25, 0.3) is 0 Å². The van der Waals surface area contributed by atoms with Gasteiger partial charge >= 0.3 is 5.97 Å². The molecular formula is C13H8BrN3O2. The van der Waals surface area contributed by atoms with E-state index in [1.165, 1.54) is 17.1 Å². The monoisotopic (exact) mass is 317 g/mol. The van der Waals surface area contributed by atoms with Gasteiger partial charge in [-0.3, -0.25) is 0 Å². The van der Waals surface area contributed by atoms with Crippen molar-refractivity contribution in [1.82, 2.24) is 14.8 Å². The van der Waals surface area contributed by atoms with Gasteiger partial charge in [-0.15, -0.1) is 0 Å². The highest BCUT2D eigenvalue weighted by molar-refractivity contribution is 9.10. The van der Waals surface area contributed by atoms with Crippen molar-refractivity contribution >= 4 is 32.7 Å². The molecule has 3 aromatic rings. The Bertz CT molecular complexity index is 782. The fourth-order valence-corrected chi connectivity index (χ4v) is 2.38. The van der Waals surface area contributed by atoms with Gasteiger partial charge in [-0.25, -0.2) is 14.5 Å². The second-order valence-corrected chi connectivity index (χ2v) is 4.80. The van der Waals surface area contributed by atoms with Crippen LogP contribution in [0.25, 0.3) is 16.6 Å². The van der Waals surface area contributed by atoms with Crippen molar-refractivity contribution in [3.63, 3.8) is 0 Å². The van der Waals surface area contributed by atoms with Crippen LogP contribution in [-0.4, -0.2) is 25.8 Å². The summed E-state index contributed by atoms with van der Waals surface area (Å²) < 4.78 is 2.43. The minimum atomic E-state index is -1.01. The number of halogens is 1. The molecule has 0 radical (unpaired) electrons. The maximum Gasteiger partial charge on any atom is 0.338 e. The summed E-state index contributed by atoms with van der Waals surface area (Å²) >= 11 is 3.48. The van der Waals surface area contributed by atoms with E-state index in [0.717, 1.165) is 15.2 Å². The van der Waals surface area contributed by atoms with E-state index in [1.54, 1.807) is 6.20 Å². The highest BCUT2D eigenvalue weighted by Crippen LogP contribution is 2.26. The van der Waals surface area contributed by atoms with Crippen LogP contribution in [0.1, 0.15) is 10.4 Å². The van der Waals surface area contributed by atoms with E-state index in [0.29, 0.717) is 5.82 Å². The molecule has 0 fully saturated rings. The zero-order valence-corrected chi connectivity index (χ0v) is 11.2. The van der Waals surface area contributed by atoms with Crippen molar-refractivity contribution in [2.45, 2.75) is 0 Å². The number of carbonyl (C=O) groups is 1. The number of carboxylic acids is 1. The second-order valence-electron chi connectivity index (χ2n) is 3.95. The van der Waals surface area contributed by atoms with Crippen molar-refractivity contribution < 1.29 is 9.90 Å². The van der Waals surface area contributed by atoms with Crippen LogP contribution < -0.4 is 0 Å². The van der Waals surface area contributed by atoms with Crippen LogP contribution in [0.3, 0.4) is 0 Å². The van der Waals surface area contributed by atoms with Crippen LogP contribution in [0.15, 0.2) is 47.3 Å². The molecule has 0 spiro atoms. The normalized spacial score (nSPS) is 10.8. The van der Waals surface area contributed by atoms with E-state index in [1.807, 2.05) is 24.3 Å². The van der Waals surface area contributed by atoms with Gasteiger partial charge < -0.3 is 5.11 Å².